The normalized spacial score (nSPS) is 12.2. The zero-order valence-electron chi connectivity index (χ0n) is 9.30. The van der Waals surface area contributed by atoms with Crippen molar-refractivity contribution in [2.75, 3.05) is 6.61 Å². The van der Waals surface area contributed by atoms with Gasteiger partial charge in [-0.1, -0.05) is 43.5 Å². The molecule has 0 heterocycles. The Labute approximate surface area is 106 Å². The van der Waals surface area contributed by atoms with E-state index in [2.05, 4.69) is 13.8 Å². The van der Waals surface area contributed by atoms with Gasteiger partial charge in [0.15, 0.2) is 6.29 Å². The second-order valence-corrected chi connectivity index (χ2v) is 4.59. The fraction of sp³-hybridized carbons (Fsp3) is 0.417. The number of ether oxygens (including phenoxy) is 1. The van der Waals surface area contributed by atoms with E-state index >= 15 is 0 Å². The van der Waals surface area contributed by atoms with Crippen LogP contribution < -0.4 is 4.74 Å². The molecular formula is C12H14Cl2O2. The van der Waals surface area contributed by atoms with Crippen molar-refractivity contribution in [1.29, 1.82) is 0 Å². The number of carbonyl (C=O) groups excluding carboxylic acids is 1. The van der Waals surface area contributed by atoms with E-state index in [1.165, 1.54) is 0 Å². The summed E-state index contributed by atoms with van der Waals surface area (Å²) in [4.78, 5) is 10.8. The van der Waals surface area contributed by atoms with E-state index in [4.69, 9.17) is 27.9 Å². The van der Waals surface area contributed by atoms with Crippen LogP contribution in [0.25, 0.3) is 0 Å². The molecule has 0 aliphatic carbocycles. The van der Waals surface area contributed by atoms with Crippen molar-refractivity contribution < 1.29 is 9.53 Å². The van der Waals surface area contributed by atoms with Gasteiger partial charge in [-0.2, -0.15) is 0 Å². The summed E-state index contributed by atoms with van der Waals surface area (Å²) in [7, 11) is 0. The van der Waals surface area contributed by atoms with Crippen LogP contribution in [0.5, 0.6) is 5.75 Å². The molecular weight excluding hydrogens is 247 g/mol. The van der Waals surface area contributed by atoms with Crippen molar-refractivity contribution in [3.8, 4) is 5.75 Å². The van der Waals surface area contributed by atoms with Crippen LogP contribution in [0, 0.1) is 5.92 Å². The van der Waals surface area contributed by atoms with Gasteiger partial charge in [0.25, 0.3) is 0 Å². The summed E-state index contributed by atoms with van der Waals surface area (Å²) in [6.45, 7) is 4.70. The summed E-state index contributed by atoms with van der Waals surface area (Å²) in [6, 6.07) is 3.12. The first-order valence-electron chi connectivity index (χ1n) is 5.15. The molecule has 0 fully saturated rings. The molecule has 0 aliphatic rings. The molecule has 2 nitrogen and oxygen atoms in total. The summed E-state index contributed by atoms with van der Waals surface area (Å²) < 4.78 is 5.54. The van der Waals surface area contributed by atoms with Gasteiger partial charge in [-0.15, -0.1) is 0 Å². The third kappa shape index (κ3) is 3.39. The molecule has 0 saturated carbocycles. The number of hydrogen-bond donors (Lipinski definition) is 0. The van der Waals surface area contributed by atoms with Crippen molar-refractivity contribution in [2.24, 2.45) is 5.92 Å². The minimum Gasteiger partial charge on any atom is -0.491 e. The highest BCUT2D eigenvalue weighted by Gasteiger charge is 2.11. The molecule has 0 amide bonds. The van der Waals surface area contributed by atoms with Crippen LogP contribution in [0.15, 0.2) is 12.1 Å². The average molecular weight is 261 g/mol. The van der Waals surface area contributed by atoms with E-state index < -0.39 is 0 Å². The number of carbonyl (C=O) groups is 1. The summed E-state index contributed by atoms with van der Waals surface area (Å²) in [5, 5.41) is 0.806. The summed E-state index contributed by atoms with van der Waals surface area (Å²) in [5.41, 5.74) is 0.390. The first kappa shape index (κ1) is 13.3. The van der Waals surface area contributed by atoms with E-state index in [0.29, 0.717) is 40.2 Å². The van der Waals surface area contributed by atoms with Crippen molar-refractivity contribution >= 4 is 29.5 Å². The second-order valence-electron chi connectivity index (χ2n) is 3.75. The number of benzene rings is 1. The Morgan fingerprint density at radius 2 is 2.12 bits per heavy atom. The summed E-state index contributed by atoms with van der Waals surface area (Å²) in [6.07, 6.45) is 1.71. The topological polar surface area (TPSA) is 26.3 Å². The number of halogens is 2. The van der Waals surface area contributed by atoms with E-state index in [1.54, 1.807) is 12.1 Å². The number of rotatable bonds is 5. The van der Waals surface area contributed by atoms with Crippen LogP contribution in [0.4, 0.5) is 0 Å². The quantitative estimate of drug-likeness (QED) is 0.741. The van der Waals surface area contributed by atoms with Gasteiger partial charge in [0.1, 0.15) is 5.75 Å². The van der Waals surface area contributed by atoms with Crippen LogP contribution >= 0.6 is 23.2 Å². The first-order chi connectivity index (χ1) is 7.58. The lowest BCUT2D eigenvalue weighted by Gasteiger charge is -2.14. The number of hydrogen-bond acceptors (Lipinski definition) is 2. The fourth-order valence-electron chi connectivity index (χ4n) is 1.16. The maximum atomic E-state index is 10.8. The van der Waals surface area contributed by atoms with Gasteiger partial charge in [-0.3, -0.25) is 4.79 Å². The smallest absolute Gasteiger partial charge is 0.153 e. The Bertz CT molecular complexity index is 378. The third-order valence-electron chi connectivity index (χ3n) is 2.37. The minimum atomic E-state index is 0.373. The van der Waals surface area contributed by atoms with Gasteiger partial charge >= 0.3 is 0 Å². The lowest BCUT2D eigenvalue weighted by molar-refractivity contribution is 0.111. The molecule has 1 aromatic carbocycles. The third-order valence-corrected chi connectivity index (χ3v) is 2.87. The van der Waals surface area contributed by atoms with E-state index in [1.807, 2.05) is 0 Å². The van der Waals surface area contributed by atoms with Crippen molar-refractivity contribution in [1.82, 2.24) is 0 Å². The Morgan fingerprint density at radius 3 is 2.69 bits per heavy atom. The van der Waals surface area contributed by atoms with Gasteiger partial charge in [0, 0.05) is 5.02 Å². The Balaban J connectivity index is 2.89. The maximum Gasteiger partial charge on any atom is 0.153 e. The molecule has 0 saturated heterocycles. The van der Waals surface area contributed by atoms with Gasteiger partial charge < -0.3 is 4.74 Å². The highest BCUT2D eigenvalue weighted by atomic mass is 35.5. The molecule has 0 aliphatic heterocycles. The summed E-state index contributed by atoms with van der Waals surface area (Å²) in [5.74, 6) is 0.840. The van der Waals surface area contributed by atoms with Gasteiger partial charge in [-0.05, 0) is 18.1 Å². The predicted octanol–water partition coefficient (Wildman–Crippen LogP) is 4.23. The molecule has 16 heavy (non-hydrogen) atoms. The molecule has 1 aromatic rings. The van der Waals surface area contributed by atoms with Crippen LogP contribution in [0.1, 0.15) is 30.6 Å². The molecule has 0 radical (unpaired) electrons. The summed E-state index contributed by atoms with van der Waals surface area (Å²) >= 11 is 11.8. The van der Waals surface area contributed by atoms with Gasteiger partial charge in [-0.25, -0.2) is 0 Å². The molecule has 1 unspecified atom stereocenters. The Morgan fingerprint density at radius 1 is 1.44 bits per heavy atom. The molecule has 0 aromatic heterocycles. The Kier molecular flexibility index (Phi) is 5.10. The van der Waals surface area contributed by atoms with E-state index in [-0.39, 0.29) is 0 Å². The SMILES string of the molecule is CCC(C)COc1c(Cl)cc(Cl)cc1C=O. The lowest BCUT2D eigenvalue weighted by Crippen LogP contribution is -2.08. The highest BCUT2D eigenvalue weighted by molar-refractivity contribution is 6.36. The zero-order chi connectivity index (χ0) is 12.1. The monoisotopic (exact) mass is 260 g/mol. The molecule has 4 heteroatoms. The fourth-order valence-corrected chi connectivity index (χ4v) is 1.73. The maximum absolute atomic E-state index is 10.8. The van der Waals surface area contributed by atoms with Gasteiger partial charge in [0.2, 0.25) is 0 Å². The average Bonchev–Trinajstić information content (AvgIpc) is 2.26. The van der Waals surface area contributed by atoms with E-state index in [0.717, 1.165) is 6.42 Å². The highest BCUT2D eigenvalue weighted by Crippen LogP contribution is 2.31. The van der Waals surface area contributed by atoms with Gasteiger partial charge in [0.05, 0.1) is 17.2 Å². The molecule has 1 rings (SSSR count). The standard InChI is InChI=1S/C12H14Cl2O2/c1-3-8(2)7-16-12-9(6-15)4-10(13)5-11(12)14/h4-6,8H,3,7H2,1-2H3. The van der Waals surface area contributed by atoms with Crippen molar-refractivity contribution in [2.45, 2.75) is 20.3 Å². The second kappa shape index (κ2) is 6.12. The molecule has 0 bridgehead atoms. The number of aldehydes is 1. The zero-order valence-corrected chi connectivity index (χ0v) is 10.8. The largest absolute Gasteiger partial charge is 0.491 e. The molecule has 0 N–H and O–H groups in total. The van der Waals surface area contributed by atoms with Crippen LogP contribution in [-0.4, -0.2) is 12.9 Å². The minimum absolute atomic E-state index is 0.373. The van der Waals surface area contributed by atoms with Crippen molar-refractivity contribution in [3.05, 3.63) is 27.7 Å². The van der Waals surface area contributed by atoms with Crippen LogP contribution in [0.2, 0.25) is 10.0 Å². The van der Waals surface area contributed by atoms with Crippen LogP contribution in [0.3, 0.4) is 0 Å². The molecule has 88 valence electrons. The van der Waals surface area contributed by atoms with Crippen molar-refractivity contribution in [3.63, 3.8) is 0 Å². The lowest BCUT2D eigenvalue weighted by atomic mass is 10.1. The molecule has 0 spiro atoms. The molecule has 1 atom stereocenters. The Hall–Kier alpha value is -0.730. The van der Waals surface area contributed by atoms with E-state index in [9.17, 15) is 4.79 Å². The first-order valence-corrected chi connectivity index (χ1v) is 5.91. The van der Waals surface area contributed by atoms with Crippen LogP contribution in [-0.2, 0) is 0 Å². The predicted molar refractivity (Wildman–Crippen MR) is 66.8 cm³/mol.